The SMILES string of the molecule is O=C(CN1C(=O)/C(=C/c2ccccc2)SC1=S)Nc1ccc2nccnc2c1. The van der Waals surface area contributed by atoms with Gasteiger partial charge < -0.3 is 5.32 Å². The first kappa shape index (κ1) is 18.3. The summed E-state index contributed by atoms with van der Waals surface area (Å²) in [7, 11) is 0. The first-order chi connectivity index (χ1) is 13.6. The summed E-state index contributed by atoms with van der Waals surface area (Å²) < 4.78 is 0.367. The fourth-order valence-electron chi connectivity index (χ4n) is 2.72. The molecular weight excluding hydrogens is 392 g/mol. The van der Waals surface area contributed by atoms with Crippen LogP contribution in [0.2, 0.25) is 0 Å². The Bertz CT molecular complexity index is 1120. The highest BCUT2D eigenvalue weighted by molar-refractivity contribution is 8.26. The lowest BCUT2D eigenvalue weighted by Crippen LogP contribution is -2.36. The van der Waals surface area contributed by atoms with E-state index in [1.807, 2.05) is 30.3 Å². The zero-order valence-electron chi connectivity index (χ0n) is 14.5. The van der Waals surface area contributed by atoms with E-state index in [-0.39, 0.29) is 18.4 Å². The summed E-state index contributed by atoms with van der Waals surface area (Å²) in [5, 5.41) is 2.78. The van der Waals surface area contributed by atoms with Crippen molar-refractivity contribution in [3.63, 3.8) is 0 Å². The summed E-state index contributed by atoms with van der Waals surface area (Å²) >= 11 is 6.48. The van der Waals surface area contributed by atoms with Gasteiger partial charge in [-0.3, -0.25) is 24.5 Å². The number of aromatic nitrogens is 2. The van der Waals surface area contributed by atoms with Gasteiger partial charge in [0.05, 0.1) is 15.9 Å². The minimum atomic E-state index is -0.333. The van der Waals surface area contributed by atoms with Crippen molar-refractivity contribution in [3.05, 3.63) is 71.4 Å². The van der Waals surface area contributed by atoms with Crippen molar-refractivity contribution >= 4 is 62.9 Å². The van der Waals surface area contributed by atoms with Gasteiger partial charge in [0.2, 0.25) is 5.91 Å². The van der Waals surface area contributed by atoms with Gasteiger partial charge in [-0.2, -0.15) is 0 Å². The van der Waals surface area contributed by atoms with Gasteiger partial charge in [0, 0.05) is 18.1 Å². The number of thioether (sulfide) groups is 1. The van der Waals surface area contributed by atoms with Crippen molar-refractivity contribution in [1.82, 2.24) is 14.9 Å². The number of hydrogen-bond donors (Lipinski definition) is 1. The molecule has 2 amide bonds. The van der Waals surface area contributed by atoms with Gasteiger partial charge in [0.1, 0.15) is 10.9 Å². The van der Waals surface area contributed by atoms with Crippen LogP contribution in [0.1, 0.15) is 5.56 Å². The van der Waals surface area contributed by atoms with Gasteiger partial charge in [-0.1, -0.05) is 54.3 Å². The molecule has 2 heterocycles. The predicted octanol–water partition coefficient (Wildman–Crippen LogP) is 3.47. The van der Waals surface area contributed by atoms with E-state index in [2.05, 4.69) is 15.3 Å². The number of carbonyl (C=O) groups is 2. The summed E-state index contributed by atoms with van der Waals surface area (Å²) in [6, 6.07) is 14.8. The first-order valence-corrected chi connectivity index (χ1v) is 9.64. The molecule has 1 aromatic heterocycles. The second-order valence-electron chi connectivity index (χ2n) is 5.99. The van der Waals surface area contributed by atoms with E-state index >= 15 is 0 Å². The molecule has 1 aliphatic rings. The van der Waals surface area contributed by atoms with Crippen LogP contribution in [-0.2, 0) is 9.59 Å². The maximum absolute atomic E-state index is 12.6. The van der Waals surface area contributed by atoms with Gasteiger partial charge >= 0.3 is 0 Å². The Kier molecular flexibility index (Phi) is 5.14. The quantitative estimate of drug-likeness (QED) is 0.528. The number of nitrogens with one attached hydrogen (secondary N) is 1. The van der Waals surface area contributed by atoms with Gasteiger partial charge in [0.15, 0.2) is 0 Å². The van der Waals surface area contributed by atoms with E-state index in [4.69, 9.17) is 12.2 Å². The van der Waals surface area contributed by atoms with E-state index < -0.39 is 0 Å². The maximum atomic E-state index is 12.6. The molecule has 138 valence electrons. The molecule has 0 spiro atoms. The van der Waals surface area contributed by atoms with Crippen LogP contribution >= 0.6 is 24.0 Å². The summed E-state index contributed by atoms with van der Waals surface area (Å²) in [4.78, 5) is 35.3. The average molecular weight is 406 g/mol. The molecule has 3 aromatic rings. The van der Waals surface area contributed by atoms with Gasteiger partial charge in [0.25, 0.3) is 5.91 Å². The second-order valence-corrected chi connectivity index (χ2v) is 7.66. The third kappa shape index (κ3) is 3.92. The van der Waals surface area contributed by atoms with Crippen LogP contribution in [0.5, 0.6) is 0 Å². The third-order valence-electron chi connectivity index (χ3n) is 4.03. The highest BCUT2D eigenvalue weighted by Crippen LogP contribution is 2.32. The molecule has 0 aliphatic carbocycles. The third-order valence-corrected chi connectivity index (χ3v) is 5.40. The zero-order chi connectivity index (χ0) is 19.5. The van der Waals surface area contributed by atoms with Gasteiger partial charge in [-0.15, -0.1) is 0 Å². The molecule has 0 radical (unpaired) electrons. The Morgan fingerprint density at radius 3 is 2.64 bits per heavy atom. The molecule has 1 saturated heterocycles. The Balaban J connectivity index is 1.45. The first-order valence-electron chi connectivity index (χ1n) is 8.41. The van der Waals surface area contributed by atoms with E-state index in [0.717, 1.165) is 11.1 Å². The van der Waals surface area contributed by atoms with Crippen LogP contribution in [-0.4, -0.2) is 37.5 Å². The minimum absolute atomic E-state index is 0.144. The molecule has 1 fully saturated rings. The number of benzene rings is 2. The Hall–Kier alpha value is -3.10. The Morgan fingerprint density at radius 1 is 1.11 bits per heavy atom. The maximum Gasteiger partial charge on any atom is 0.266 e. The minimum Gasteiger partial charge on any atom is -0.324 e. The van der Waals surface area contributed by atoms with Crippen molar-refractivity contribution in [1.29, 1.82) is 0 Å². The van der Waals surface area contributed by atoms with E-state index in [9.17, 15) is 9.59 Å². The smallest absolute Gasteiger partial charge is 0.266 e. The number of carbonyl (C=O) groups excluding carboxylic acids is 2. The molecule has 0 atom stereocenters. The van der Waals surface area contributed by atoms with E-state index in [1.165, 1.54) is 16.7 Å². The average Bonchev–Trinajstić information content (AvgIpc) is 2.96. The molecule has 1 N–H and O–H groups in total. The number of anilines is 1. The monoisotopic (exact) mass is 406 g/mol. The summed E-state index contributed by atoms with van der Waals surface area (Å²) in [5.74, 6) is -0.598. The molecule has 0 saturated carbocycles. The molecular formula is C20H14N4O2S2. The number of thiocarbonyl (C=S) groups is 1. The molecule has 2 aromatic carbocycles. The lowest BCUT2D eigenvalue weighted by Gasteiger charge is -2.14. The van der Waals surface area contributed by atoms with Crippen LogP contribution in [0.15, 0.2) is 65.8 Å². The lowest BCUT2D eigenvalue weighted by atomic mass is 10.2. The molecule has 8 heteroatoms. The molecule has 1 aliphatic heterocycles. The van der Waals surface area contributed by atoms with Crippen LogP contribution < -0.4 is 5.32 Å². The summed E-state index contributed by atoms with van der Waals surface area (Å²) in [5.41, 5.74) is 2.91. The number of rotatable bonds is 4. The van der Waals surface area contributed by atoms with Crippen molar-refractivity contribution in [2.45, 2.75) is 0 Å². The lowest BCUT2D eigenvalue weighted by molar-refractivity contribution is -0.126. The zero-order valence-corrected chi connectivity index (χ0v) is 16.2. The molecule has 28 heavy (non-hydrogen) atoms. The summed E-state index contributed by atoms with van der Waals surface area (Å²) in [6.45, 7) is -0.144. The van der Waals surface area contributed by atoms with Crippen molar-refractivity contribution < 1.29 is 9.59 Å². The topological polar surface area (TPSA) is 75.2 Å². The van der Waals surface area contributed by atoms with Crippen molar-refractivity contribution in [3.8, 4) is 0 Å². The molecule has 6 nitrogen and oxygen atoms in total. The number of amides is 2. The Morgan fingerprint density at radius 2 is 1.86 bits per heavy atom. The van der Waals surface area contributed by atoms with Crippen LogP contribution in [0.4, 0.5) is 5.69 Å². The standard InChI is InChI=1S/C20H14N4O2S2/c25-18(23-14-6-7-15-16(11-14)22-9-8-21-15)12-24-19(26)17(28-20(24)27)10-13-4-2-1-3-5-13/h1-11H,12H2,(H,23,25)/b17-10-. The second kappa shape index (κ2) is 7.87. The predicted molar refractivity (Wildman–Crippen MR) is 114 cm³/mol. The van der Waals surface area contributed by atoms with Gasteiger partial charge in [-0.25, -0.2) is 0 Å². The molecule has 0 unspecified atom stereocenters. The number of nitrogens with zero attached hydrogens (tertiary/aromatic N) is 3. The van der Waals surface area contributed by atoms with E-state index in [1.54, 1.807) is 36.7 Å². The normalized spacial score (nSPS) is 15.4. The fraction of sp³-hybridized carbons (Fsp3) is 0.0500. The number of fused-ring (bicyclic) bond motifs is 1. The van der Waals surface area contributed by atoms with Crippen LogP contribution in [0.3, 0.4) is 0 Å². The fourth-order valence-corrected chi connectivity index (χ4v) is 3.98. The Labute approximate surface area is 170 Å². The van der Waals surface area contributed by atoms with Crippen molar-refractivity contribution in [2.24, 2.45) is 0 Å². The molecule has 4 rings (SSSR count). The van der Waals surface area contributed by atoms with E-state index in [0.29, 0.717) is 20.4 Å². The van der Waals surface area contributed by atoms with Crippen LogP contribution in [0.25, 0.3) is 17.1 Å². The number of hydrogen-bond acceptors (Lipinski definition) is 6. The van der Waals surface area contributed by atoms with Gasteiger partial charge in [-0.05, 0) is 29.8 Å². The molecule has 0 bridgehead atoms. The largest absolute Gasteiger partial charge is 0.324 e. The van der Waals surface area contributed by atoms with Crippen molar-refractivity contribution in [2.75, 3.05) is 11.9 Å². The highest BCUT2D eigenvalue weighted by Gasteiger charge is 2.33. The van der Waals surface area contributed by atoms with Crippen LogP contribution in [0, 0.1) is 0 Å². The highest BCUT2D eigenvalue weighted by atomic mass is 32.2. The summed E-state index contributed by atoms with van der Waals surface area (Å²) in [6.07, 6.45) is 4.98.